The van der Waals surface area contributed by atoms with Crippen LogP contribution in [0.1, 0.15) is 17.0 Å². The van der Waals surface area contributed by atoms with E-state index in [9.17, 15) is 9.59 Å². The number of methoxy groups -OCH3 is 1. The predicted molar refractivity (Wildman–Crippen MR) is 139 cm³/mol. The third-order valence-electron chi connectivity index (χ3n) is 5.14. The number of carbonyl (C=O) groups is 2. The Hall–Kier alpha value is -3.56. The molecule has 1 aliphatic heterocycles. The van der Waals surface area contributed by atoms with Gasteiger partial charge in [-0.25, -0.2) is 0 Å². The highest BCUT2D eigenvalue weighted by molar-refractivity contribution is 8.27. The van der Waals surface area contributed by atoms with Crippen molar-refractivity contribution < 1.29 is 19.1 Å². The first-order valence-electron chi connectivity index (χ1n) is 10.5. The van der Waals surface area contributed by atoms with Crippen LogP contribution in [0.2, 0.25) is 0 Å². The highest BCUT2D eigenvalue weighted by atomic mass is 32.2. The summed E-state index contributed by atoms with van der Waals surface area (Å²) in [5, 5.41) is 4.29. The molecule has 174 valence electrons. The highest BCUT2D eigenvalue weighted by Crippen LogP contribution is 2.33. The molecule has 4 rings (SSSR count). The van der Waals surface area contributed by atoms with E-state index in [2.05, 4.69) is 5.32 Å². The molecule has 1 fully saturated rings. The molecule has 0 saturated carbocycles. The zero-order chi connectivity index (χ0) is 24.2. The van der Waals surface area contributed by atoms with Gasteiger partial charge in [0.15, 0.2) is 10.9 Å². The van der Waals surface area contributed by atoms with Crippen molar-refractivity contribution in [2.75, 3.05) is 24.0 Å². The molecule has 1 aliphatic rings. The summed E-state index contributed by atoms with van der Waals surface area (Å²) < 4.78 is 13.1. The summed E-state index contributed by atoms with van der Waals surface area (Å²) in [5.74, 6) is 0.657. The van der Waals surface area contributed by atoms with Crippen LogP contribution in [0.15, 0.2) is 65.6 Å². The number of carbonyl (C=O) groups excluding carboxylic acids is 2. The van der Waals surface area contributed by atoms with Crippen molar-refractivity contribution in [3.8, 4) is 11.5 Å². The normalized spacial score (nSPS) is 14.6. The molecule has 1 aromatic heterocycles. The van der Waals surface area contributed by atoms with E-state index < -0.39 is 0 Å². The third kappa shape index (κ3) is 5.00. The summed E-state index contributed by atoms with van der Waals surface area (Å²) in [7, 11) is 1.55. The van der Waals surface area contributed by atoms with Gasteiger partial charge in [-0.1, -0.05) is 36.0 Å². The van der Waals surface area contributed by atoms with E-state index >= 15 is 0 Å². The number of amides is 2. The second-order valence-electron chi connectivity index (χ2n) is 7.53. The van der Waals surface area contributed by atoms with Gasteiger partial charge in [-0.05, 0) is 74.1 Å². The Labute approximate surface area is 207 Å². The molecule has 0 unspecified atom stereocenters. The number of thioether (sulfide) groups is 1. The van der Waals surface area contributed by atoms with Gasteiger partial charge in [0, 0.05) is 11.4 Å². The molecule has 2 heterocycles. The zero-order valence-electron chi connectivity index (χ0n) is 18.9. The van der Waals surface area contributed by atoms with E-state index in [-0.39, 0.29) is 18.4 Å². The SMILES string of the molecule is COc1ccccc1NC(=O)COc1ccc(/C=C2/SC(=S)N(n3c(C)ccc3C)C2=O)cc1. The summed E-state index contributed by atoms with van der Waals surface area (Å²) in [5.41, 5.74) is 3.28. The number of ether oxygens (including phenoxy) is 2. The number of benzene rings is 2. The van der Waals surface area contributed by atoms with Crippen LogP contribution in [0.25, 0.3) is 6.08 Å². The molecule has 0 radical (unpaired) electrons. The van der Waals surface area contributed by atoms with Gasteiger partial charge in [-0.15, -0.1) is 0 Å². The molecule has 0 aliphatic carbocycles. The van der Waals surface area contributed by atoms with Crippen LogP contribution in [0, 0.1) is 13.8 Å². The number of nitrogens with one attached hydrogen (secondary N) is 1. The van der Waals surface area contributed by atoms with Gasteiger partial charge in [0.1, 0.15) is 11.5 Å². The van der Waals surface area contributed by atoms with Gasteiger partial charge in [-0.3, -0.25) is 14.3 Å². The summed E-state index contributed by atoms with van der Waals surface area (Å²) in [6.07, 6.45) is 1.80. The Bertz CT molecular complexity index is 1260. The number of thiocarbonyl (C=S) groups is 1. The summed E-state index contributed by atoms with van der Waals surface area (Å²) >= 11 is 6.73. The third-order valence-corrected chi connectivity index (χ3v) is 6.42. The van der Waals surface area contributed by atoms with E-state index in [0.29, 0.717) is 26.4 Å². The van der Waals surface area contributed by atoms with Crippen molar-refractivity contribution in [3.63, 3.8) is 0 Å². The van der Waals surface area contributed by atoms with E-state index in [1.165, 1.54) is 16.8 Å². The Morgan fingerprint density at radius 3 is 2.41 bits per heavy atom. The smallest absolute Gasteiger partial charge is 0.285 e. The lowest BCUT2D eigenvalue weighted by molar-refractivity contribution is -0.118. The lowest BCUT2D eigenvalue weighted by atomic mass is 10.2. The molecule has 1 saturated heterocycles. The molecular weight excluding hydrogens is 470 g/mol. The molecule has 9 heteroatoms. The number of anilines is 1. The fourth-order valence-electron chi connectivity index (χ4n) is 3.50. The van der Waals surface area contributed by atoms with Gasteiger partial charge in [-0.2, -0.15) is 5.01 Å². The van der Waals surface area contributed by atoms with Crippen molar-refractivity contribution in [1.29, 1.82) is 0 Å². The molecule has 2 amide bonds. The minimum atomic E-state index is -0.298. The number of para-hydroxylation sites is 2. The fraction of sp³-hybridized carbons (Fsp3) is 0.160. The standard InChI is InChI=1S/C25H23N3O4S2/c1-16-8-9-17(2)27(16)28-24(30)22(34-25(28)33)14-18-10-12-19(13-11-18)32-15-23(29)26-20-6-4-5-7-21(20)31-3/h4-14H,15H2,1-3H3,(H,26,29)/b22-14+. The Balaban J connectivity index is 1.39. The largest absolute Gasteiger partial charge is 0.495 e. The molecule has 0 atom stereocenters. The van der Waals surface area contributed by atoms with Gasteiger partial charge in [0.2, 0.25) is 0 Å². The van der Waals surface area contributed by atoms with Crippen LogP contribution in [0.5, 0.6) is 11.5 Å². The Morgan fingerprint density at radius 2 is 1.74 bits per heavy atom. The van der Waals surface area contributed by atoms with Crippen molar-refractivity contribution in [2.45, 2.75) is 13.8 Å². The molecule has 0 bridgehead atoms. The molecule has 7 nitrogen and oxygen atoms in total. The summed E-state index contributed by atoms with van der Waals surface area (Å²) in [4.78, 5) is 25.8. The Kier molecular flexibility index (Phi) is 7.04. The number of aromatic nitrogens is 1. The number of hydrogen-bond donors (Lipinski definition) is 1. The minimum absolute atomic E-state index is 0.147. The lowest BCUT2D eigenvalue weighted by Gasteiger charge is -2.20. The maximum absolute atomic E-state index is 13.0. The molecule has 2 aromatic carbocycles. The summed E-state index contributed by atoms with van der Waals surface area (Å²) in [6.45, 7) is 3.72. The average Bonchev–Trinajstić information content (AvgIpc) is 3.29. The maximum Gasteiger partial charge on any atom is 0.285 e. The number of hydrogen-bond acceptors (Lipinski definition) is 6. The van der Waals surface area contributed by atoms with Gasteiger partial charge >= 0.3 is 0 Å². The first-order valence-corrected chi connectivity index (χ1v) is 11.7. The number of aryl methyl sites for hydroxylation is 2. The van der Waals surface area contributed by atoms with E-state index in [1.54, 1.807) is 37.5 Å². The van der Waals surface area contributed by atoms with E-state index in [0.717, 1.165) is 17.0 Å². The first-order chi connectivity index (χ1) is 16.4. The van der Waals surface area contributed by atoms with Crippen molar-refractivity contribution in [2.24, 2.45) is 0 Å². The van der Waals surface area contributed by atoms with Gasteiger partial charge in [0.25, 0.3) is 11.8 Å². The van der Waals surface area contributed by atoms with E-state index in [1.807, 2.05) is 54.9 Å². The molecular formula is C25H23N3O4S2. The molecule has 0 spiro atoms. The van der Waals surface area contributed by atoms with Gasteiger partial charge in [0.05, 0.1) is 17.7 Å². The summed E-state index contributed by atoms with van der Waals surface area (Å²) in [6, 6.07) is 18.2. The van der Waals surface area contributed by atoms with Crippen LogP contribution in [0.4, 0.5) is 5.69 Å². The van der Waals surface area contributed by atoms with Crippen molar-refractivity contribution >= 4 is 51.9 Å². The van der Waals surface area contributed by atoms with E-state index in [4.69, 9.17) is 21.7 Å². The van der Waals surface area contributed by atoms with Gasteiger partial charge < -0.3 is 14.8 Å². The zero-order valence-corrected chi connectivity index (χ0v) is 20.5. The monoisotopic (exact) mass is 493 g/mol. The van der Waals surface area contributed by atoms with Crippen LogP contribution >= 0.6 is 24.0 Å². The fourth-order valence-corrected chi connectivity index (χ4v) is 4.74. The van der Waals surface area contributed by atoms with Crippen molar-refractivity contribution in [1.82, 2.24) is 4.68 Å². The quantitative estimate of drug-likeness (QED) is 0.381. The van der Waals surface area contributed by atoms with Crippen LogP contribution in [-0.2, 0) is 9.59 Å². The second kappa shape index (κ2) is 10.1. The maximum atomic E-state index is 13.0. The van der Waals surface area contributed by atoms with Crippen LogP contribution in [-0.4, -0.2) is 34.5 Å². The average molecular weight is 494 g/mol. The molecule has 1 N–H and O–H groups in total. The number of nitrogens with zero attached hydrogens (tertiary/aromatic N) is 2. The Morgan fingerprint density at radius 1 is 1.06 bits per heavy atom. The van der Waals surface area contributed by atoms with Crippen LogP contribution < -0.4 is 19.8 Å². The number of rotatable bonds is 7. The van der Waals surface area contributed by atoms with Crippen LogP contribution in [0.3, 0.4) is 0 Å². The topological polar surface area (TPSA) is 72.8 Å². The van der Waals surface area contributed by atoms with Crippen molar-refractivity contribution in [3.05, 3.63) is 82.5 Å². The molecule has 3 aromatic rings. The first kappa shape index (κ1) is 23.6. The second-order valence-corrected chi connectivity index (χ2v) is 9.20. The predicted octanol–water partition coefficient (Wildman–Crippen LogP) is 4.67. The lowest BCUT2D eigenvalue weighted by Crippen LogP contribution is -2.39. The highest BCUT2D eigenvalue weighted by Gasteiger charge is 2.34. The molecule has 34 heavy (non-hydrogen) atoms. The minimum Gasteiger partial charge on any atom is -0.495 e.